The molecule has 6 nitrogen and oxygen atoms in total. The van der Waals surface area contributed by atoms with Crippen LogP contribution >= 0.6 is 0 Å². The SMILES string of the molecule is CCCS(=O)(=O)N1CCN(C(=O)c2ccc(OC(C)C)cc2)CC1. The highest BCUT2D eigenvalue weighted by Gasteiger charge is 2.28. The molecule has 1 saturated heterocycles. The molecule has 0 bridgehead atoms. The molecule has 1 aliphatic heterocycles. The molecule has 1 aromatic carbocycles. The quantitative estimate of drug-likeness (QED) is 0.783. The van der Waals surface area contributed by atoms with E-state index in [2.05, 4.69) is 0 Å². The Morgan fingerprint density at radius 3 is 2.21 bits per heavy atom. The molecule has 2 rings (SSSR count). The fraction of sp³-hybridized carbons (Fsp3) is 0.588. The number of ether oxygens (including phenoxy) is 1. The van der Waals surface area contributed by atoms with E-state index >= 15 is 0 Å². The minimum absolute atomic E-state index is 0.0707. The van der Waals surface area contributed by atoms with Crippen molar-refractivity contribution in [2.24, 2.45) is 0 Å². The van der Waals surface area contributed by atoms with E-state index in [9.17, 15) is 13.2 Å². The summed E-state index contributed by atoms with van der Waals surface area (Å²) in [4.78, 5) is 14.2. The first kappa shape index (κ1) is 18.7. The lowest BCUT2D eigenvalue weighted by Gasteiger charge is -2.34. The van der Waals surface area contributed by atoms with Gasteiger partial charge in [-0.3, -0.25) is 4.79 Å². The Morgan fingerprint density at radius 1 is 1.12 bits per heavy atom. The summed E-state index contributed by atoms with van der Waals surface area (Å²) >= 11 is 0. The lowest BCUT2D eigenvalue weighted by Crippen LogP contribution is -2.51. The summed E-state index contributed by atoms with van der Waals surface area (Å²) in [5.74, 6) is 0.828. The van der Waals surface area contributed by atoms with E-state index in [1.54, 1.807) is 29.2 Å². The second-order valence-corrected chi connectivity index (χ2v) is 8.29. The predicted molar refractivity (Wildman–Crippen MR) is 93.8 cm³/mol. The molecule has 1 heterocycles. The summed E-state index contributed by atoms with van der Waals surface area (Å²) < 4.78 is 31.2. The maximum Gasteiger partial charge on any atom is 0.253 e. The molecular formula is C17H26N2O4S. The first-order chi connectivity index (χ1) is 11.3. The van der Waals surface area contributed by atoms with Crippen LogP contribution in [0.15, 0.2) is 24.3 Å². The van der Waals surface area contributed by atoms with E-state index < -0.39 is 10.0 Å². The van der Waals surface area contributed by atoms with Gasteiger partial charge in [-0.2, -0.15) is 4.31 Å². The molecule has 1 aromatic rings. The number of hydrogen-bond donors (Lipinski definition) is 0. The third kappa shape index (κ3) is 4.70. The summed E-state index contributed by atoms with van der Waals surface area (Å²) in [5.41, 5.74) is 0.593. The van der Waals surface area contributed by atoms with Gasteiger partial charge < -0.3 is 9.64 Å². The molecule has 0 unspecified atom stereocenters. The van der Waals surface area contributed by atoms with Crippen LogP contribution in [0.5, 0.6) is 5.75 Å². The topological polar surface area (TPSA) is 66.9 Å². The Kier molecular flexibility index (Phi) is 6.23. The van der Waals surface area contributed by atoms with Gasteiger partial charge in [-0.25, -0.2) is 8.42 Å². The molecule has 0 saturated carbocycles. The fourth-order valence-electron chi connectivity index (χ4n) is 2.69. The molecule has 0 aliphatic carbocycles. The van der Waals surface area contributed by atoms with E-state index in [1.807, 2.05) is 20.8 Å². The van der Waals surface area contributed by atoms with Crippen molar-refractivity contribution in [1.82, 2.24) is 9.21 Å². The van der Waals surface area contributed by atoms with E-state index in [0.29, 0.717) is 38.2 Å². The standard InChI is InChI=1S/C17H26N2O4S/c1-4-13-24(21,22)19-11-9-18(10-12-19)17(20)15-5-7-16(8-6-15)23-14(2)3/h5-8,14H,4,9-13H2,1-3H3. The molecule has 0 aromatic heterocycles. The number of rotatable bonds is 6. The van der Waals surface area contributed by atoms with E-state index in [-0.39, 0.29) is 17.8 Å². The van der Waals surface area contributed by atoms with Crippen molar-refractivity contribution in [3.05, 3.63) is 29.8 Å². The minimum Gasteiger partial charge on any atom is -0.491 e. The van der Waals surface area contributed by atoms with Gasteiger partial charge in [0.25, 0.3) is 5.91 Å². The summed E-state index contributed by atoms with van der Waals surface area (Å²) in [6.45, 7) is 7.32. The van der Waals surface area contributed by atoms with Crippen LogP contribution in [0.1, 0.15) is 37.6 Å². The first-order valence-electron chi connectivity index (χ1n) is 8.37. The molecule has 0 atom stereocenters. The average molecular weight is 354 g/mol. The van der Waals surface area contributed by atoms with Crippen molar-refractivity contribution in [2.45, 2.75) is 33.3 Å². The van der Waals surface area contributed by atoms with Crippen molar-refractivity contribution in [2.75, 3.05) is 31.9 Å². The number of benzene rings is 1. The van der Waals surface area contributed by atoms with Gasteiger partial charge in [0.2, 0.25) is 10.0 Å². The predicted octanol–water partition coefficient (Wildman–Crippen LogP) is 1.97. The van der Waals surface area contributed by atoms with Crippen molar-refractivity contribution >= 4 is 15.9 Å². The number of nitrogens with zero attached hydrogens (tertiary/aromatic N) is 2. The second kappa shape index (κ2) is 7.98. The van der Waals surface area contributed by atoms with E-state index in [4.69, 9.17) is 4.74 Å². The number of carbonyl (C=O) groups is 1. The molecule has 1 amide bonds. The summed E-state index contributed by atoms with van der Waals surface area (Å²) in [6, 6.07) is 7.07. The van der Waals surface area contributed by atoms with Gasteiger partial charge >= 0.3 is 0 Å². The highest BCUT2D eigenvalue weighted by molar-refractivity contribution is 7.89. The zero-order valence-corrected chi connectivity index (χ0v) is 15.4. The van der Waals surface area contributed by atoms with Crippen LogP contribution < -0.4 is 4.74 Å². The summed E-state index contributed by atoms with van der Waals surface area (Å²) in [6.07, 6.45) is 0.691. The summed E-state index contributed by atoms with van der Waals surface area (Å²) in [7, 11) is -3.19. The van der Waals surface area contributed by atoms with Crippen molar-refractivity contribution in [3.63, 3.8) is 0 Å². The maximum absolute atomic E-state index is 12.5. The van der Waals surface area contributed by atoms with Gasteiger partial charge in [-0.15, -0.1) is 0 Å². The Hall–Kier alpha value is -1.60. The van der Waals surface area contributed by atoms with Crippen LogP contribution in [0.2, 0.25) is 0 Å². The van der Waals surface area contributed by atoms with Gasteiger partial charge in [0.15, 0.2) is 0 Å². The van der Waals surface area contributed by atoms with Crippen LogP contribution in [0.25, 0.3) is 0 Å². The smallest absolute Gasteiger partial charge is 0.253 e. The van der Waals surface area contributed by atoms with E-state index in [0.717, 1.165) is 5.75 Å². The molecule has 1 fully saturated rings. The summed E-state index contributed by atoms with van der Waals surface area (Å²) in [5, 5.41) is 0. The monoisotopic (exact) mass is 354 g/mol. The van der Waals surface area contributed by atoms with Gasteiger partial charge in [-0.05, 0) is 44.5 Å². The average Bonchev–Trinajstić information content (AvgIpc) is 2.54. The lowest BCUT2D eigenvalue weighted by molar-refractivity contribution is 0.0698. The highest BCUT2D eigenvalue weighted by Crippen LogP contribution is 2.17. The van der Waals surface area contributed by atoms with Crippen molar-refractivity contribution < 1.29 is 17.9 Å². The largest absolute Gasteiger partial charge is 0.491 e. The second-order valence-electron chi connectivity index (χ2n) is 6.20. The van der Waals surface area contributed by atoms with Gasteiger partial charge in [0.1, 0.15) is 5.75 Å². The Balaban J connectivity index is 1.95. The Morgan fingerprint density at radius 2 is 1.71 bits per heavy atom. The molecule has 1 aliphatic rings. The van der Waals surface area contributed by atoms with Gasteiger partial charge in [0, 0.05) is 31.7 Å². The molecule has 7 heteroatoms. The molecule has 0 spiro atoms. The van der Waals surface area contributed by atoms with Crippen molar-refractivity contribution in [3.8, 4) is 5.75 Å². The number of amides is 1. The number of piperazine rings is 1. The van der Waals surface area contributed by atoms with Crippen LogP contribution in [0.3, 0.4) is 0 Å². The molecule has 24 heavy (non-hydrogen) atoms. The van der Waals surface area contributed by atoms with Gasteiger partial charge in [0.05, 0.1) is 11.9 Å². The Bertz CT molecular complexity index is 648. The zero-order valence-electron chi connectivity index (χ0n) is 14.6. The number of hydrogen-bond acceptors (Lipinski definition) is 4. The zero-order chi connectivity index (χ0) is 17.7. The molecular weight excluding hydrogens is 328 g/mol. The first-order valence-corrected chi connectivity index (χ1v) is 9.98. The molecule has 0 radical (unpaired) electrons. The van der Waals surface area contributed by atoms with Crippen LogP contribution in [0, 0.1) is 0 Å². The fourth-order valence-corrected chi connectivity index (χ4v) is 4.18. The number of sulfonamides is 1. The lowest BCUT2D eigenvalue weighted by atomic mass is 10.2. The number of carbonyl (C=O) groups excluding carboxylic acids is 1. The minimum atomic E-state index is -3.19. The van der Waals surface area contributed by atoms with Crippen LogP contribution in [0.4, 0.5) is 0 Å². The molecule has 134 valence electrons. The van der Waals surface area contributed by atoms with Crippen LogP contribution in [-0.2, 0) is 10.0 Å². The van der Waals surface area contributed by atoms with E-state index in [1.165, 1.54) is 4.31 Å². The maximum atomic E-state index is 12.5. The molecule has 0 N–H and O–H groups in total. The van der Waals surface area contributed by atoms with Gasteiger partial charge in [-0.1, -0.05) is 6.92 Å². The third-order valence-corrected chi connectivity index (χ3v) is 5.93. The Labute approximate surface area is 144 Å². The van der Waals surface area contributed by atoms with Crippen molar-refractivity contribution in [1.29, 1.82) is 0 Å². The highest BCUT2D eigenvalue weighted by atomic mass is 32.2. The van der Waals surface area contributed by atoms with Crippen LogP contribution in [-0.4, -0.2) is 61.6 Å². The third-order valence-electron chi connectivity index (χ3n) is 3.85. The normalized spacial score (nSPS) is 16.4.